The van der Waals surface area contributed by atoms with E-state index in [9.17, 15) is 0 Å². The molecule has 2 heterocycles. The van der Waals surface area contributed by atoms with Crippen molar-refractivity contribution in [3.05, 3.63) is 71.4 Å². The van der Waals surface area contributed by atoms with Gasteiger partial charge in [-0.15, -0.1) is 0 Å². The van der Waals surface area contributed by atoms with E-state index in [0.717, 1.165) is 25.3 Å². The minimum Gasteiger partial charge on any atom is -0.497 e. The Kier molecular flexibility index (Phi) is 3.87. The molecule has 0 unspecified atom stereocenters. The summed E-state index contributed by atoms with van der Waals surface area (Å²) in [5, 5.41) is 3.48. The quantitative estimate of drug-likeness (QED) is 0.786. The van der Waals surface area contributed by atoms with Gasteiger partial charge in [-0.2, -0.15) is 0 Å². The fraction of sp³-hybridized carbons (Fsp3) is 0.238. The summed E-state index contributed by atoms with van der Waals surface area (Å²) >= 11 is 0. The van der Waals surface area contributed by atoms with Crippen LogP contribution in [0.15, 0.2) is 54.6 Å². The average Bonchev–Trinajstić information content (AvgIpc) is 3.01. The maximum Gasteiger partial charge on any atom is 0.118 e. The van der Waals surface area contributed by atoms with E-state index in [0.29, 0.717) is 0 Å². The van der Waals surface area contributed by atoms with Crippen LogP contribution in [0.2, 0.25) is 0 Å². The fourth-order valence-electron chi connectivity index (χ4n) is 3.52. The van der Waals surface area contributed by atoms with Gasteiger partial charge in [-0.05, 0) is 60.0 Å². The van der Waals surface area contributed by atoms with E-state index in [1.165, 1.54) is 33.8 Å². The molecule has 4 rings (SSSR count). The highest BCUT2D eigenvalue weighted by atomic mass is 16.5. The Balaban J connectivity index is 1.93. The van der Waals surface area contributed by atoms with Crippen LogP contribution in [0.4, 0.5) is 0 Å². The summed E-state index contributed by atoms with van der Waals surface area (Å²) in [6.45, 7) is 4.16. The predicted molar refractivity (Wildman–Crippen MR) is 97.9 cm³/mol. The molecule has 1 aliphatic heterocycles. The zero-order chi connectivity index (χ0) is 16.5. The minimum atomic E-state index is 0.888. The standard InChI is InChI=1S/C21H22N2O/c1-15-5-3-4-6-19(15)23-20-11-12-22-14-17(20)13-21(23)16-7-9-18(24-2)10-8-16/h3-10,13,22H,11-12,14H2,1-2H3. The molecular formula is C21H22N2O. The zero-order valence-corrected chi connectivity index (χ0v) is 14.2. The molecule has 0 bridgehead atoms. The maximum atomic E-state index is 5.30. The summed E-state index contributed by atoms with van der Waals surface area (Å²) in [6.07, 6.45) is 1.06. The van der Waals surface area contributed by atoms with Gasteiger partial charge in [-0.1, -0.05) is 18.2 Å². The Morgan fingerprint density at radius 2 is 1.83 bits per heavy atom. The van der Waals surface area contributed by atoms with E-state index in [1.807, 2.05) is 12.1 Å². The van der Waals surface area contributed by atoms with E-state index < -0.39 is 0 Å². The van der Waals surface area contributed by atoms with Crippen LogP contribution in [0.5, 0.6) is 5.75 Å². The van der Waals surface area contributed by atoms with Crippen LogP contribution in [0.3, 0.4) is 0 Å². The lowest BCUT2D eigenvalue weighted by Gasteiger charge is -2.19. The summed E-state index contributed by atoms with van der Waals surface area (Å²) in [6, 6.07) is 19.3. The van der Waals surface area contributed by atoms with Crippen LogP contribution in [0.1, 0.15) is 16.8 Å². The van der Waals surface area contributed by atoms with Gasteiger partial charge in [0.05, 0.1) is 12.8 Å². The Labute approximate surface area is 142 Å². The lowest BCUT2D eigenvalue weighted by Crippen LogP contribution is -2.24. The lowest BCUT2D eigenvalue weighted by atomic mass is 10.1. The molecule has 3 heteroatoms. The van der Waals surface area contributed by atoms with Crippen molar-refractivity contribution in [1.29, 1.82) is 0 Å². The highest BCUT2D eigenvalue weighted by molar-refractivity contribution is 5.67. The fourth-order valence-corrected chi connectivity index (χ4v) is 3.52. The predicted octanol–water partition coefficient (Wildman–Crippen LogP) is 4.11. The Morgan fingerprint density at radius 3 is 2.58 bits per heavy atom. The molecule has 1 N–H and O–H groups in total. The normalized spacial score (nSPS) is 13.6. The summed E-state index contributed by atoms with van der Waals surface area (Å²) < 4.78 is 7.74. The number of fused-ring (bicyclic) bond motifs is 1. The lowest BCUT2D eigenvalue weighted by molar-refractivity contribution is 0.415. The molecule has 0 atom stereocenters. The monoisotopic (exact) mass is 318 g/mol. The van der Waals surface area contributed by atoms with Crippen LogP contribution in [0, 0.1) is 6.92 Å². The van der Waals surface area contributed by atoms with E-state index in [4.69, 9.17) is 4.74 Å². The topological polar surface area (TPSA) is 26.2 Å². The molecule has 1 aliphatic rings. The van der Waals surface area contributed by atoms with E-state index in [2.05, 4.69) is 59.3 Å². The molecule has 0 saturated heterocycles. The third kappa shape index (κ3) is 2.51. The minimum absolute atomic E-state index is 0.888. The van der Waals surface area contributed by atoms with Crippen molar-refractivity contribution < 1.29 is 4.74 Å². The summed E-state index contributed by atoms with van der Waals surface area (Å²) in [5.74, 6) is 0.888. The number of aryl methyl sites for hydroxylation is 1. The number of nitrogens with zero attached hydrogens (tertiary/aromatic N) is 1. The number of rotatable bonds is 3. The second-order valence-corrected chi connectivity index (χ2v) is 6.28. The molecule has 1 aromatic heterocycles. The van der Waals surface area contributed by atoms with Crippen molar-refractivity contribution in [2.75, 3.05) is 13.7 Å². The van der Waals surface area contributed by atoms with Gasteiger partial charge in [-0.25, -0.2) is 0 Å². The summed E-state index contributed by atoms with van der Waals surface area (Å²) in [5.41, 5.74) is 7.86. The Morgan fingerprint density at radius 1 is 1.04 bits per heavy atom. The molecule has 0 fully saturated rings. The van der Waals surface area contributed by atoms with Crippen molar-refractivity contribution >= 4 is 0 Å². The first-order valence-corrected chi connectivity index (χ1v) is 8.42. The molecular weight excluding hydrogens is 296 g/mol. The van der Waals surface area contributed by atoms with Crippen LogP contribution in [0.25, 0.3) is 16.9 Å². The van der Waals surface area contributed by atoms with Crippen molar-refractivity contribution in [2.24, 2.45) is 0 Å². The van der Waals surface area contributed by atoms with E-state index in [1.54, 1.807) is 7.11 Å². The van der Waals surface area contributed by atoms with Gasteiger partial charge in [-0.3, -0.25) is 0 Å². The number of aromatic nitrogens is 1. The summed E-state index contributed by atoms with van der Waals surface area (Å²) in [4.78, 5) is 0. The number of para-hydroxylation sites is 1. The Bertz CT molecular complexity index is 862. The van der Waals surface area contributed by atoms with Gasteiger partial charge in [0.2, 0.25) is 0 Å². The molecule has 0 saturated carbocycles. The number of nitrogens with one attached hydrogen (secondary N) is 1. The van der Waals surface area contributed by atoms with E-state index in [-0.39, 0.29) is 0 Å². The number of benzene rings is 2. The highest BCUT2D eigenvalue weighted by Crippen LogP contribution is 2.33. The SMILES string of the molecule is COc1ccc(-c2cc3c(n2-c2ccccc2C)CCNC3)cc1. The van der Waals surface area contributed by atoms with Crippen LogP contribution >= 0.6 is 0 Å². The second-order valence-electron chi connectivity index (χ2n) is 6.28. The first-order valence-electron chi connectivity index (χ1n) is 8.42. The van der Waals surface area contributed by atoms with Crippen LogP contribution in [-0.2, 0) is 13.0 Å². The number of methoxy groups -OCH3 is 1. The van der Waals surface area contributed by atoms with Crippen molar-refractivity contribution in [3.8, 4) is 22.7 Å². The van der Waals surface area contributed by atoms with Gasteiger partial charge in [0.25, 0.3) is 0 Å². The third-order valence-corrected chi connectivity index (χ3v) is 4.79. The first kappa shape index (κ1) is 15.0. The van der Waals surface area contributed by atoms with Gasteiger partial charge >= 0.3 is 0 Å². The average molecular weight is 318 g/mol. The van der Waals surface area contributed by atoms with E-state index >= 15 is 0 Å². The van der Waals surface area contributed by atoms with Crippen molar-refractivity contribution in [1.82, 2.24) is 9.88 Å². The molecule has 0 radical (unpaired) electrons. The largest absolute Gasteiger partial charge is 0.497 e. The number of ether oxygens (including phenoxy) is 1. The molecule has 0 amide bonds. The molecule has 122 valence electrons. The molecule has 24 heavy (non-hydrogen) atoms. The van der Waals surface area contributed by atoms with Gasteiger partial charge < -0.3 is 14.6 Å². The molecule has 3 aromatic rings. The first-order chi connectivity index (χ1) is 11.8. The van der Waals surface area contributed by atoms with Crippen LogP contribution < -0.4 is 10.1 Å². The third-order valence-electron chi connectivity index (χ3n) is 4.79. The molecule has 3 nitrogen and oxygen atoms in total. The van der Waals surface area contributed by atoms with Crippen molar-refractivity contribution in [3.63, 3.8) is 0 Å². The van der Waals surface area contributed by atoms with Crippen molar-refractivity contribution in [2.45, 2.75) is 19.9 Å². The maximum absolute atomic E-state index is 5.30. The number of hydrogen-bond donors (Lipinski definition) is 1. The zero-order valence-electron chi connectivity index (χ0n) is 14.2. The second kappa shape index (κ2) is 6.17. The molecule has 0 aliphatic carbocycles. The summed E-state index contributed by atoms with van der Waals surface area (Å²) in [7, 11) is 1.70. The molecule has 0 spiro atoms. The van der Waals surface area contributed by atoms with Gasteiger partial charge in [0, 0.05) is 30.9 Å². The smallest absolute Gasteiger partial charge is 0.118 e. The van der Waals surface area contributed by atoms with Gasteiger partial charge in [0.15, 0.2) is 0 Å². The molecule has 2 aromatic carbocycles. The number of hydrogen-bond acceptors (Lipinski definition) is 2. The van der Waals surface area contributed by atoms with Crippen LogP contribution in [-0.4, -0.2) is 18.2 Å². The highest BCUT2D eigenvalue weighted by Gasteiger charge is 2.20. The Hall–Kier alpha value is -2.52. The van der Waals surface area contributed by atoms with Gasteiger partial charge in [0.1, 0.15) is 5.75 Å².